The molecule has 3 rings (SSSR count). The molecule has 0 aromatic rings. The third-order valence-corrected chi connectivity index (χ3v) is 8.63. The summed E-state index contributed by atoms with van der Waals surface area (Å²) >= 11 is 0. The molecule has 2 aliphatic carbocycles. The smallest absolute Gasteiger partial charge is 0.309 e. The maximum atomic E-state index is 12.3. The Morgan fingerprint density at radius 3 is 2.40 bits per heavy atom. The molecular weight excluding hydrogens is 456 g/mol. The van der Waals surface area contributed by atoms with E-state index in [-0.39, 0.29) is 24.5 Å². The normalized spacial score (nSPS) is 40.8. The second-order valence-corrected chi connectivity index (χ2v) is 12.2. The van der Waals surface area contributed by atoms with Crippen LogP contribution in [0.2, 0.25) is 0 Å². The van der Waals surface area contributed by atoms with Gasteiger partial charge in [0.2, 0.25) is 0 Å². The number of carbonyl (C=O) groups is 2. The van der Waals surface area contributed by atoms with Crippen molar-refractivity contribution in [3.8, 4) is 0 Å². The molecule has 2 fully saturated rings. The summed E-state index contributed by atoms with van der Waals surface area (Å²) in [5.74, 6) is -2.05. The van der Waals surface area contributed by atoms with Gasteiger partial charge in [-0.3, -0.25) is 9.59 Å². The standard InChI is InChI=1S/C26H42O9/c1-23(2,32)16-8-9-25(4)17(16)11-20-26(5,35-20)18(27)7-6-15(10-19(25)28)14-34-22(31)13-24(3,33)12-21(29)30/h10,16-20,27-28,32-33H,6-9,11-14H2,1-5H3,(H,29,30)/b15-10+/t16-,17+,18+,19+,20+,24?,25+,26-/m1/s1. The number of carbonyl (C=O) groups excluding carboxylic acids is 1. The lowest BCUT2D eigenvalue weighted by atomic mass is 9.67. The first kappa shape index (κ1) is 28.1. The second kappa shape index (κ2) is 9.74. The number of carboxylic acids is 1. The molecule has 1 heterocycles. The number of ether oxygens (including phenoxy) is 2. The maximum absolute atomic E-state index is 12.3. The SMILES string of the molecule is CC(O)(CC(=O)O)CC(=O)OC/C1=C/[C@H](O)[C@@]2(C)CC[C@@H](C(C)(C)O)[C@@H]2C[C@@H]2O[C@]2(C)[C@@H](O)CC1. The third kappa shape index (κ3) is 6.25. The molecular formula is C26H42O9. The lowest BCUT2D eigenvalue weighted by Crippen LogP contribution is -2.43. The number of epoxide rings is 1. The summed E-state index contributed by atoms with van der Waals surface area (Å²) < 4.78 is 11.3. The summed E-state index contributed by atoms with van der Waals surface area (Å²) in [6.45, 7) is 8.62. The van der Waals surface area contributed by atoms with Crippen LogP contribution in [0.4, 0.5) is 0 Å². The van der Waals surface area contributed by atoms with Crippen molar-refractivity contribution in [2.75, 3.05) is 6.61 Å². The highest BCUT2D eigenvalue weighted by Crippen LogP contribution is 2.58. The molecule has 0 aromatic carbocycles. The van der Waals surface area contributed by atoms with Crippen molar-refractivity contribution in [2.24, 2.45) is 17.3 Å². The van der Waals surface area contributed by atoms with Crippen molar-refractivity contribution in [1.82, 2.24) is 0 Å². The molecule has 0 amide bonds. The van der Waals surface area contributed by atoms with E-state index >= 15 is 0 Å². The number of aliphatic carboxylic acids is 1. The van der Waals surface area contributed by atoms with Crippen LogP contribution in [-0.4, -0.2) is 79.2 Å². The molecule has 9 heteroatoms. The Morgan fingerprint density at radius 2 is 1.80 bits per heavy atom. The predicted molar refractivity (Wildman–Crippen MR) is 126 cm³/mol. The Labute approximate surface area is 207 Å². The van der Waals surface area contributed by atoms with Crippen LogP contribution >= 0.6 is 0 Å². The van der Waals surface area contributed by atoms with E-state index < -0.39 is 59.2 Å². The molecule has 0 aromatic heterocycles. The van der Waals surface area contributed by atoms with E-state index in [1.165, 1.54) is 6.92 Å². The molecule has 0 spiro atoms. The minimum atomic E-state index is -1.73. The Hall–Kier alpha value is -1.52. The number of fused-ring (bicyclic) bond motifs is 2. The van der Waals surface area contributed by atoms with Crippen LogP contribution < -0.4 is 0 Å². The van der Waals surface area contributed by atoms with Crippen LogP contribution in [0.3, 0.4) is 0 Å². The van der Waals surface area contributed by atoms with Gasteiger partial charge in [0.15, 0.2) is 0 Å². The summed E-state index contributed by atoms with van der Waals surface area (Å²) in [5, 5.41) is 52.1. The van der Waals surface area contributed by atoms with Gasteiger partial charge in [0.05, 0.1) is 42.4 Å². The van der Waals surface area contributed by atoms with Crippen LogP contribution in [0.15, 0.2) is 11.6 Å². The molecule has 35 heavy (non-hydrogen) atoms. The van der Waals surface area contributed by atoms with E-state index in [1.807, 2.05) is 13.8 Å². The number of esters is 1. The van der Waals surface area contributed by atoms with Gasteiger partial charge in [-0.05, 0) is 77.2 Å². The summed E-state index contributed by atoms with van der Waals surface area (Å²) in [5.41, 5.74) is -3.25. The van der Waals surface area contributed by atoms with Crippen molar-refractivity contribution in [2.45, 2.75) is 115 Å². The lowest BCUT2D eigenvalue weighted by Gasteiger charge is -2.40. The molecule has 8 atom stereocenters. The topological polar surface area (TPSA) is 157 Å². The Bertz CT molecular complexity index is 844. The van der Waals surface area contributed by atoms with E-state index in [0.29, 0.717) is 31.3 Å². The molecule has 200 valence electrons. The van der Waals surface area contributed by atoms with Crippen LogP contribution in [0.1, 0.15) is 79.6 Å². The van der Waals surface area contributed by atoms with Gasteiger partial charge in [0, 0.05) is 5.41 Å². The van der Waals surface area contributed by atoms with Gasteiger partial charge in [-0.25, -0.2) is 0 Å². The zero-order chi connectivity index (χ0) is 26.4. The molecule has 9 nitrogen and oxygen atoms in total. The quantitative estimate of drug-likeness (QED) is 0.201. The van der Waals surface area contributed by atoms with E-state index in [0.717, 1.165) is 6.42 Å². The first-order valence-corrected chi connectivity index (χ1v) is 12.5. The predicted octanol–water partition coefficient (Wildman–Crippen LogP) is 1.94. The van der Waals surface area contributed by atoms with Gasteiger partial charge in [0.1, 0.15) is 12.2 Å². The highest BCUT2D eigenvalue weighted by atomic mass is 16.6. The lowest BCUT2D eigenvalue weighted by molar-refractivity contribution is -0.151. The molecule has 1 unspecified atom stereocenters. The van der Waals surface area contributed by atoms with Gasteiger partial charge in [0.25, 0.3) is 0 Å². The Balaban J connectivity index is 1.81. The first-order valence-electron chi connectivity index (χ1n) is 12.5. The number of carboxylic acid groups (broad SMARTS) is 1. The fourth-order valence-electron chi connectivity index (χ4n) is 6.19. The Morgan fingerprint density at radius 1 is 1.14 bits per heavy atom. The average Bonchev–Trinajstić information content (AvgIpc) is 3.22. The van der Waals surface area contributed by atoms with Crippen molar-refractivity contribution < 1.29 is 44.6 Å². The third-order valence-electron chi connectivity index (χ3n) is 8.63. The highest BCUT2D eigenvalue weighted by Gasteiger charge is 2.62. The van der Waals surface area contributed by atoms with Gasteiger partial charge in [-0.1, -0.05) is 13.0 Å². The molecule has 3 aliphatic rings. The van der Waals surface area contributed by atoms with E-state index in [2.05, 4.69) is 0 Å². The number of hydrogen-bond acceptors (Lipinski definition) is 8. The maximum Gasteiger partial charge on any atom is 0.309 e. The number of rotatable bonds is 7. The Kier molecular flexibility index (Phi) is 7.81. The molecule has 1 aliphatic heterocycles. The van der Waals surface area contributed by atoms with Crippen LogP contribution in [0.25, 0.3) is 0 Å². The monoisotopic (exact) mass is 498 g/mol. The van der Waals surface area contributed by atoms with Gasteiger partial charge >= 0.3 is 11.9 Å². The van der Waals surface area contributed by atoms with E-state index in [4.69, 9.17) is 14.6 Å². The molecule has 1 saturated heterocycles. The minimum Gasteiger partial charge on any atom is -0.481 e. The largest absolute Gasteiger partial charge is 0.481 e. The fourth-order valence-corrected chi connectivity index (χ4v) is 6.19. The molecule has 1 saturated carbocycles. The zero-order valence-electron chi connectivity index (χ0n) is 21.5. The molecule has 0 bridgehead atoms. The van der Waals surface area contributed by atoms with Gasteiger partial charge < -0.3 is 35.0 Å². The summed E-state index contributed by atoms with van der Waals surface area (Å²) in [4.78, 5) is 23.2. The number of aliphatic hydroxyl groups excluding tert-OH is 2. The van der Waals surface area contributed by atoms with Crippen molar-refractivity contribution in [1.29, 1.82) is 0 Å². The van der Waals surface area contributed by atoms with Crippen molar-refractivity contribution >= 4 is 11.9 Å². The number of aliphatic hydroxyl groups is 4. The summed E-state index contributed by atoms with van der Waals surface area (Å²) in [6, 6.07) is 0. The summed E-state index contributed by atoms with van der Waals surface area (Å²) in [6.07, 6.45) is 1.71. The van der Waals surface area contributed by atoms with E-state index in [9.17, 15) is 30.0 Å². The number of hydrogen-bond donors (Lipinski definition) is 5. The van der Waals surface area contributed by atoms with Gasteiger partial charge in [-0.2, -0.15) is 0 Å². The summed E-state index contributed by atoms with van der Waals surface area (Å²) in [7, 11) is 0. The zero-order valence-corrected chi connectivity index (χ0v) is 21.5. The molecule has 5 N–H and O–H groups in total. The van der Waals surface area contributed by atoms with Crippen molar-refractivity contribution in [3.63, 3.8) is 0 Å². The molecule has 0 radical (unpaired) electrons. The second-order valence-electron chi connectivity index (χ2n) is 12.2. The highest BCUT2D eigenvalue weighted by molar-refractivity contribution is 5.73. The first-order chi connectivity index (χ1) is 16.0. The fraction of sp³-hybridized carbons (Fsp3) is 0.846. The van der Waals surface area contributed by atoms with Crippen LogP contribution in [0.5, 0.6) is 0 Å². The van der Waals surface area contributed by atoms with Crippen LogP contribution in [-0.2, 0) is 19.1 Å². The minimum absolute atomic E-state index is 0.0409. The van der Waals surface area contributed by atoms with Crippen molar-refractivity contribution in [3.05, 3.63) is 11.6 Å². The van der Waals surface area contributed by atoms with Gasteiger partial charge in [-0.15, -0.1) is 0 Å². The van der Waals surface area contributed by atoms with Crippen LogP contribution in [0, 0.1) is 17.3 Å². The average molecular weight is 499 g/mol. The van der Waals surface area contributed by atoms with E-state index in [1.54, 1.807) is 19.9 Å².